The van der Waals surface area contributed by atoms with E-state index >= 15 is 0 Å². The minimum absolute atomic E-state index is 0.207. The molecule has 0 atom stereocenters. The van der Waals surface area contributed by atoms with E-state index in [0.29, 0.717) is 10.7 Å². The predicted molar refractivity (Wildman–Crippen MR) is 64.5 cm³/mol. The summed E-state index contributed by atoms with van der Waals surface area (Å²) in [5, 5.41) is 12.7. The number of rotatable bonds is 3. The summed E-state index contributed by atoms with van der Waals surface area (Å²) in [7, 11) is 0. The van der Waals surface area contributed by atoms with E-state index in [0.717, 1.165) is 5.56 Å². The molecular formula is C12H14ClNO. The van der Waals surface area contributed by atoms with E-state index in [1.165, 1.54) is 0 Å². The molecule has 2 nitrogen and oxygen atoms in total. The second-order valence-electron chi connectivity index (χ2n) is 3.56. The van der Waals surface area contributed by atoms with E-state index in [1.54, 1.807) is 6.08 Å². The second-order valence-corrected chi connectivity index (χ2v) is 4.00. The maximum absolute atomic E-state index is 8.73. The molecule has 0 saturated carbocycles. The van der Waals surface area contributed by atoms with Gasteiger partial charge in [-0.15, -0.1) is 0 Å². The van der Waals surface area contributed by atoms with Crippen molar-refractivity contribution in [2.24, 2.45) is 11.1 Å². The first-order chi connectivity index (χ1) is 7.13. The Balaban J connectivity index is 2.77. The highest BCUT2D eigenvalue weighted by atomic mass is 35.5. The monoisotopic (exact) mass is 223 g/mol. The standard InChI is InChI=1S/C12H14ClNO/c1-9(2)12(14-15)8-5-10-3-6-11(13)7-4-10/h3-9,15H,1-2H3/b8-5+,14-12-. The zero-order valence-corrected chi connectivity index (χ0v) is 9.57. The van der Waals surface area contributed by atoms with Crippen molar-refractivity contribution in [1.29, 1.82) is 0 Å². The summed E-state index contributed by atoms with van der Waals surface area (Å²) >= 11 is 5.76. The molecule has 0 aliphatic heterocycles. The molecule has 0 fully saturated rings. The first-order valence-electron chi connectivity index (χ1n) is 4.79. The SMILES string of the molecule is CC(C)C(/C=C/c1ccc(Cl)cc1)=N\O. The third kappa shape index (κ3) is 3.76. The van der Waals surface area contributed by atoms with Gasteiger partial charge in [0.15, 0.2) is 0 Å². The van der Waals surface area contributed by atoms with Gasteiger partial charge in [-0.05, 0) is 29.7 Å². The largest absolute Gasteiger partial charge is 0.411 e. The number of benzene rings is 1. The fraction of sp³-hybridized carbons (Fsp3) is 0.250. The third-order valence-electron chi connectivity index (χ3n) is 2.02. The summed E-state index contributed by atoms with van der Waals surface area (Å²) in [6, 6.07) is 7.47. The van der Waals surface area contributed by atoms with Crippen molar-refractivity contribution in [3.05, 3.63) is 40.9 Å². The van der Waals surface area contributed by atoms with E-state index in [2.05, 4.69) is 5.16 Å². The summed E-state index contributed by atoms with van der Waals surface area (Å²) in [6.07, 6.45) is 3.69. The van der Waals surface area contributed by atoms with Crippen molar-refractivity contribution in [3.8, 4) is 0 Å². The predicted octanol–water partition coefficient (Wildman–Crippen LogP) is 3.84. The lowest BCUT2D eigenvalue weighted by Gasteiger charge is -2.01. The van der Waals surface area contributed by atoms with Crippen LogP contribution in [0, 0.1) is 5.92 Å². The highest BCUT2D eigenvalue weighted by molar-refractivity contribution is 6.30. The fourth-order valence-electron chi connectivity index (χ4n) is 1.10. The van der Waals surface area contributed by atoms with Crippen molar-refractivity contribution in [2.75, 3.05) is 0 Å². The van der Waals surface area contributed by atoms with Gasteiger partial charge in [0.1, 0.15) is 0 Å². The number of allylic oxidation sites excluding steroid dienone is 1. The van der Waals surface area contributed by atoms with Crippen LogP contribution >= 0.6 is 11.6 Å². The quantitative estimate of drug-likeness (QED) is 0.471. The van der Waals surface area contributed by atoms with Crippen LogP contribution in [0.2, 0.25) is 5.02 Å². The summed E-state index contributed by atoms with van der Waals surface area (Å²) in [4.78, 5) is 0. The van der Waals surface area contributed by atoms with Crippen molar-refractivity contribution < 1.29 is 5.21 Å². The molecule has 1 aromatic rings. The lowest BCUT2D eigenvalue weighted by Crippen LogP contribution is -2.03. The molecule has 0 aliphatic rings. The minimum Gasteiger partial charge on any atom is -0.411 e. The van der Waals surface area contributed by atoms with Gasteiger partial charge in [-0.25, -0.2) is 0 Å². The van der Waals surface area contributed by atoms with Crippen LogP contribution in [0.3, 0.4) is 0 Å². The first-order valence-corrected chi connectivity index (χ1v) is 5.17. The first kappa shape index (κ1) is 11.8. The molecule has 0 heterocycles. The molecular weight excluding hydrogens is 210 g/mol. The van der Waals surface area contributed by atoms with E-state index in [1.807, 2.05) is 44.2 Å². The summed E-state index contributed by atoms with van der Waals surface area (Å²) < 4.78 is 0. The fourth-order valence-corrected chi connectivity index (χ4v) is 1.22. The lowest BCUT2D eigenvalue weighted by atomic mass is 10.1. The lowest BCUT2D eigenvalue weighted by molar-refractivity contribution is 0.316. The van der Waals surface area contributed by atoms with Crippen molar-refractivity contribution in [2.45, 2.75) is 13.8 Å². The molecule has 0 spiro atoms. The molecule has 1 N–H and O–H groups in total. The van der Waals surface area contributed by atoms with Gasteiger partial charge in [0, 0.05) is 5.02 Å². The van der Waals surface area contributed by atoms with Crippen molar-refractivity contribution in [1.82, 2.24) is 0 Å². The Morgan fingerprint density at radius 1 is 1.33 bits per heavy atom. The Labute approximate surface area is 94.9 Å². The highest BCUT2D eigenvalue weighted by Crippen LogP contribution is 2.11. The van der Waals surface area contributed by atoms with Crippen LogP contribution in [0.4, 0.5) is 0 Å². The van der Waals surface area contributed by atoms with Crippen LogP contribution in [0.5, 0.6) is 0 Å². The Morgan fingerprint density at radius 2 is 1.93 bits per heavy atom. The summed E-state index contributed by atoms with van der Waals surface area (Å²) in [5.41, 5.74) is 1.69. The summed E-state index contributed by atoms with van der Waals surface area (Å²) in [6.45, 7) is 3.95. The molecule has 80 valence electrons. The van der Waals surface area contributed by atoms with E-state index in [9.17, 15) is 0 Å². The molecule has 0 amide bonds. The number of halogens is 1. The number of hydrogen-bond donors (Lipinski definition) is 1. The Kier molecular flexibility index (Phi) is 4.37. The number of hydrogen-bond acceptors (Lipinski definition) is 2. The summed E-state index contributed by atoms with van der Waals surface area (Å²) in [5.74, 6) is 0.207. The van der Waals surface area contributed by atoms with Crippen molar-refractivity contribution >= 4 is 23.4 Å². The molecule has 15 heavy (non-hydrogen) atoms. The van der Waals surface area contributed by atoms with E-state index in [-0.39, 0.29) is 5.92 Å². The molecule has 0 bridgehead atoms. The Hall–Kier alpha value is -1.28. The van der Waals surface area contributed by atoms with Gasteiger partial charge in [0.05, 0.1) is 5.71 Å². The van der Waals surface area contributed by atoms with E-state index < -0.39 is 0 Å². The maximum atomic E-state index is 8.73. The van der Waals surface area contributed by atoms with Gasteiger partial charge >= 0.3 is 0 Å². The smallest absolute Gasteiger partial charge is 0.0821 e. The van der Waals surface area contributed by atoms with Crippen LogP contribution in [-0.4, -0.2) is 10.9 Å². The topological polar surface area (TPSA) is 32.6 Å². The zero-order valence-electron chi connectivity index (χ0n) is 8.81. The maximum Gasteiger partial charge on any atom is 0.0821 e. The number of nitrogens with zero attached hydrogens (tertiary/aromatic N) is 1. The number of oxime groups is 1. The van der Waals surface area contributed by atoms with Gasteiger partial charge in [0.2, 0.25) is 0 Å². The molecule has 0 radical (unpaired) electrons. The molecule has 1 rings (SSSR count). The zero-order chi connectivity index (χ0) is 11.3. The molecule has 0 aromatic heterocycles. The highest BCUT2D eigenvalue weighted by Gasteiger charge is 2.00. The molecule has 0 aliphatic carbocycles. The van der Waals surface area contributed by atoms with Crippen LogP contribution < -0.4 is 0 Å². The van der Waals surface area contributed by atoms with Gasteiger partial charge in [-0.3, -0.25) is 0 Å². The van der Waals surface area contributed by atoms with Crippen LogP contribution in [0.1, 0.15) is 19.4 Å². The Bertz CT molecular complexity index is 366. The average Bonchev–Trinajstić information content (AvgIpc) is 2.21. The van der Waals surface area contributed by atoms with Gasteiger partial charge < -0.3 is 5.21 Å². The molecule has 3 heteroatoms. The average molecular weight is 224 g/mol. The van der Waals surface area contributed by atoms with Crippen LogP contribution in [0.25, 0.3) is 6.08 Å². The van der Waals surface area contributed by atoms with Gasteiger partial charge in [-0.1, -0.05) is 48.8 Å². The van der Waals surface area contributed by atoms with Crippen molar-refractivity contribution in [3.63, 3.8) is 0 Å². The van der Waals surface area contributed by atoms with Crippen LogP contribution in [-0.2, 0) is 0 Å². The van der Waals surface area contributed by atoms with Gasteiger partial charge in [0.25, 0.3) is 0 Å². The molecule has 0 saturated heterocycles. The second kappa shape index (κ2) is 5.56. The van der Waals surface area contributed by atoms with Crippen LogP contribution in [0.15, 0.2) is 35.5 Å². The Morgan fingerprint density at radius 3 is 2.40 bits per heavy atom. The van der Waals surface area contributed by atoms with Gasteiger partial charge in [-0.2, -0.15) is 0 Å². The normalized spacial score (nSPS) is 12.7. The minimum atomic E-state index is 0.207. The molecule has 0 unspecified atom stereocenters. The third-order valence-corrected chi connectivity index (χ3v) is 2.28. The van der Waals surface area contributed by atoms with E-state index in [4.69, 9.17) is 16.8 Å². The molecule has 1 aromatic carbocycles.